The number of aliphatic imine (C=N–C) groups is 1. The molecule has 2 atom stereocenters. The lowest BCUT2D eigenvalue weighted by atomic mass is 10.0. The number of allylic oxidation sites excluding steroid dienone is 1. The van der Waals surface area contributed by atoms with Crippen molar-refractivity contribution in [2.45, 2.75) is 53.4 Å². The third-order valence-electron chi connectivity index (χ3n) is 2.82. The van der Waals surface area contributed by atoms with E-state index in [1.165, 1.54) is 0 Å². The first-order valence-corrected chi connectivity index (χ1v) is 5.90. The highest BCUT2D eigenvalue weighted by Crippen LogP contribution is 2.17. The Morgan fingerprint density at radius 3 is 2.47 bits per heavy atom. The molecule has 0 aromatic carbocycles. The molecule has 2 unspecified atom stereocenters. The van der Waals surface area contributed by atoms with Gasteiger partial charge in [0.15, 0.2) is 6.23 Å². The molecule has 0 aliphatic carbocycles. The van der Waals surface area contributed by atoms with Crippen molar-refractivity contribution < 1.29 is 4.74 Å². The molecule has 0 aromatic rings. The van der Waals surface area contributed by atoms with E-state index in [2.05, 4.69) is 51.8 Å². The normalized spacial score (nSPS) is 23.4. The Balaban J connectivity index is 2.55. The van der Waals surface area contributed by atoms with Crippen molar-refractivity contribution in [3.63, 3.8) is 0 Å². The van der Waals surface area contributed by atoms with E-state index in [4.69, 9.17) is 4.74 Å². The molecular formula is C13H23NO. The van der Waals surface area contributed by atoms with E-state index in [0.717, 1.165) is 12.1 Å². The second kappa shape index (κ2) is 5.45. The van der Waals surface area contributed by atoms with Gasteiger partial charge in [-0.2, -0.15) is 0 Å². The van der Waals surface area contributed by atoms with E-state index in [1.807, 2.05) is 0 Å². The zero-order chi connectivity index (χ0) is 11.4. The number of hydrogen-bond donors (Lipinski definition) is 0. The summed E-state index contributed by atoms with van der Waals surface area (Å²) in [6.07, 6.45) is 5.50. The van der Waals surface area contributed by atoms with Gasteiger partial charge in [-0.25, -0.2) is 0 Å². The molecule has 0 saturated carbocycles. The Labute approximate surface area is 93.4 Å². The van der Waals surface area contributed by atoms with E-state index < -0.39 is 0 Å². The van der Waals surface area contributed by atoms with E-state index >= 15 is 0 Å². The molecule has 0 spiro atoms. The molecule has 0 saturated heterocycles. The maximum Gasteiger partial charge on any atom is 0.152 e. The Bertz CT molecular complexity index is 253. The summed E-state index contributed by atoms with van der Waals surface area (Å²) in [5.74, 6) is 1.04. The van der Waals surface area contributed by atoms with Crippen LogP contribution in [0.3, 0.4) is 0 Å². The second-order valence-electron chi connectivity index (χ2n) is 4.89. The summed E-state index contributed by atoms with van der Waals surface area (Å²) in [4.78, 5) is 4.61. The van der Waals surface area contributed by atoms with Gasteiger partial charge in [-0.1, -0.05) is 33.8 Å². The monoisotopic (exact) mass is 209 g/mol. The van der Waals surface area contributed by atoms with E-state index in [9.17, 15) is 0 Å². The predicted octanol–water partition coefficient (Wildman–Crippen LogP) is 3.43. The van der Waals surface area contributed by atoms with Gasteiger partial charge in [-0.15, -0.1) is 0 Å². The molecule has 1 aliphatic heterocycles. The fraction of sp³-hybridized carbons (Fsp3) is 0.769. The molecule has 1 rings (SSSR count). The molecular weight excluding hydrogens is 186 g/mol. The molecule has 0 N–H and O–H groups in total. The van der Waals surface area contributed by atoms with E-state index in [-0.39, 0.29) is 12.3 Å². The minimum atomic E-state index is 0.0322. The molecule has 1 heterocycles. The summed E-state index contributed by atoms with van der Waals surface area (Å²) in [5, 5.41) is 0. The van der Waals surface area contributed by atoms with Crippen LogP contribution in [0.15, 0.2) is 17.1 Å². The van der Waals surface area contributed by atoms with Crippen molar-refractivity contribution in [1.29, 1.82) is 0 Å². The summed E-state index contributed by atoms with van der Waals surface area (Å²) < 4.78 is 5.89. The van der Waals surface area contributed by atoms with Crippen LogP contribution < -0.4 is 0 Å². The number of nitrogens with zero attached hydrogens (tertiary/aromatic N) is 1. The minimum absolute atomic E-state index is 0.0322. The fourth-order valence-electron chi connectivity index (χ4n) is 1.40. The van der Waals surface area contributed by atoms with Crippen molar-refractivity contribution in [2.24, 2.45) is 16.8 Å². The van der Waals surface area contributed by atoms with Gasteiger partial charge in [-0.05, 0) is 24.8 Å². The topological polar surface area (TPSA) is 21.6 Å². The number of ether oxygens (including phenoxy) is 1. The van der Waals surface area contributed by atoms with Crippen LogP contribution in [0.5, 0.6) is 0 Å². The van der Waals surface area contributed by atoms with Crippen LogP contribution in [-0.2, 0) is 4.74 Å². The zero-order valence-electron chi connectivity index (χ0n) is 10.5. The standard InChI is InChI=1S/C13H23NO/c1-9(2)11(5)15-13-8-6-7-12(14-13)10(3)4/h6-7,9-11,13H,8H2,1-5H3. The molecule has 0 amide bonds. The average Bonchev–Trinajstić information content (AvgIpc) is 2.18. The van der Waals surface area contributed by atoms with Crippen molar-refractivity contribution in [1.82, 2.24) is 0 Å². The highest BCUT2D eigenvalue weighted by atomic mass is 16.5. The lowest BCUT2D eigenvalue weighted by Crippen LogP contribution is -2.25. The van der Waals surface area contributed by atoms with Crippen LogP contribution in [0.4, 0.5) is 0 Å². The Hall–Kier alpha value is -0.630. The minimum Gasteiger partial charge on any atom is -0.353 e. The van der Waals surface area contributed by atoms with Gasteiger partial charge in [-0.3, -0.25) is 4.99 Å². The highest BCUT2D eigenvalue weighted by molar-refractivity contribution is 5.96. The van der Waals surface area contributed by atoms with Crippen LogP contribution >= 0.6 is 0 Å². The van der Waals surface area contributed by atoms with Gasteiger partial charge < -0.3 is 4.74 Å². The van der Waals surface area contributed by atoms with E-state index in [0.29, 0.717) is 11.8 Å². The Kier molecular flexibility index (Phi) is 4.52. The number of dihydropyridines is 1. The Morgan fingerprint density at radius 2 is 1.93 bits per heavy atom. The van der Waals surface area contributed by atoms with Gasteiger partial charge in [0.25, 0.3) is 0 Å². The van der Waals surface area contributed by atoms with Crippen LogP contribution in [0.1, 0.15) is 41.0 Å². The van der Waals surface area contributed by atoms with Gasteiger partial charge in [0.2, 0.25) is 0 Å². The second-order valence-corrected chi connectivity index (χ2v) is 4.89. The molecule has 2 heteroatoms. The number of rotatable bonds is 4. The van der Waals surface area contributed by atoms with Crippen molar-refractivity contribution in [3.05, 3.63) is 12.2 Å². The maximum atomic E-state index is 5.89. The molecule has 2 nitrogen and oxygen atoms in total. The molecule has 15 heavy (non-hydrogen) atoms. The molecule has 0 aromatic heterocycles. The highest BCUT2D eigenvalue weighted by Gasteiger charge is 2.17. The first-order valence-electron chi connectivity index (χ1n) is 5.90. The van der Waals surface area contributed by atoms with Gasteiger partial charge in [0.05, 0.1) is 6.10 Å². The maximum absolute atomic E-state index is 5.89. The zero-order valence-corrected chi connectivity index (χ0v) is 10.5. The largest absolute Gasteiger partial charge is 0.353 e. The number of hydrogen-bond acceptors (Lipinski definition) is 2. The van der Waals surface area contributed by atoms with Crippen molar-refractivity contribution in [2.75, 3.05) is 0 Å². The summed E-state index contributed by atoms with van der Waals surface area (Å²) >= 11 is 0. The Morgan fingerprint density at radius 1 is 1.27 bits per heavy atom. The summed E-state index contributed by atoms with van der Waals surface area (Å²) in [7, 11) is 0. The third kappa shape index (κ3) is 3.78. The SMILES string of the molecule is CC(C)C1=NC(OC(C)C(C)C)CC=C1. The van der Waals surface area contributed by atoms with Crippen LogP contribution in [-0.4, -0.2) is 18.0 Å². The van der Waals surface area contributed by atoms with Crippen molar-refractivity contribution in [3.8, 4) is 0 Å². The quantitative estimate of drug-likeness (QED) is 0.695. The fourth-order valence-corrected chi connectivity index (χ4v) is 1.40. The lowest BCUT2D eigenvalue weighted by Gasteiger charge is -2.24. The van der Waals surface area contributed by atoms with Crippen LogP contribution in [0, 0.1) is 11.8 Å². The summed E-state index contributed by atoms with van der Waals surface area (Å²) in [6.45, 7) is 10.8. The molecule has 0 bridgehead atoms. The first-order chi connectivity index (χ1) is 7.00. The lowest BCUT2D eigenvalue weighted by molar-refractivity contribution is -0.0194. The smallest absolute Gasteiger partial charge is 0.152 e. The third-order valence-corrected chi connectivity index (χ3v) is 2.82. The van der Waals surface area contributed by atoms with Gasteiger partial charge in [0, 0.05) is 12.1 Å². The molecule has 0 fully saturated rings. The average molecular weight is 209 g/mol. The van der Waals surface area contributed by atoms with Gasteiger partial charge >= 0.3 is 0 Å². The van der Waals surface area contributed by atoms with Crippen molar-refractivity contribution >= 4 is 5.71 Å². The molecule has 1 aliphatic rings. The molecule has 86 valence electrons. The van der Waals surface area contributed by atoms with Crippen LogP contribution in [0.25, 0.3) is 0 Å². The van der Waals surface area contributed by atoms with E-state index in [1.54, 1.807) is 0 Å². The first kappa shape index (κ1) is 12.4. The van der Waals surface area contributed by atoms with Crippen LogP contribution in [0.2, 0.25) is 0 Å². The summed E-state index contributed by atoms with van der Waals surface area (Å²) in [6, 6.07) is 0. The predicted molar refractivity (Wildman–Crippen MR) is 65.2 cm³/mol. The van der Waals surface area contributed by atoms with Gasteiger partial charge in [0.1, 0.15) is 0 Å². The molecule has 0 radical (unpaired) electrons. The summed E-state index contributed by atoms with van der Waals surface area (Å²) in [5.41, 5.74) is 1.15.